The Hall–Kier alpha value is -0.630. The molecule has 0 saturated carbocycles. The molecule has 0 heterocycles. The van der Waals surface area contributed by atoms with Gasteiger partial charge >= 0.3 is 0 Å². The summed E-state index contributed by atoms with van der Waals surface area (Å²) in [5.74, 6) is -1.82. The van der Waals surface area contributed by atoms with E-state index in [1.807, 2.05) is 13.8 Å². The number of hydrogen-bond donors (Lipinski definition) is 0. The van der Waals surface area contributed by atoms with Crippen LogP contribution >= 0.6 is 11.6 Å². The summed E-state index contributed by atoms with van der Waals surface area (Å²) in [7, 11) is 0. The Morgan fingerprint density at radius 3 is 2.00 bits per heavy atom. The smallest absolute Gasteiger partial charge is 0.177 e. The van der Waals surface area contributed by atoms with E-state index in [1.54, 1.807) is 13.8 Å². The average molecular weight is 221 g/mol. The Labute approximate surface area is 88.9 Å². The summed E-state index contributed by atoms with van der Waals surface area (Å²) >= 11 is 5.38. The van der Waals surface area contributed by atoms with Gasteiger partial charge in [0.25, 0.3) is 0 Å². The molecule has 0 saturated heterocycles. The summed E-state index contributed by atoms with van der Waals surface area (Å²) in [6.45, 7) is 7.59. The Balaban J connectivity index is 0.000000791. The predicted octanol–water partition coefficient (Wildman–Crippen LogP) is 4.77. The zero-order valence-electron chi connectivity index (χ0n) is 8.87. The lowest BCUT2D eigenvalue weighted by molar-refractivity contribution is 0.494. The third-order valence-corrected chi connectivity index (χ3v) is 1.98. The molecule has 1 rings (SSSR count). The molecule has 1 aromatic carbocycles. The van der Waals surface area contributed by atoms with Crippen molar-refractivity contribution in [3.63, 3.8) is 0 Å². The predicted molar refractivity (Wildman–Crippen MR) is 56.8 cm³/mol. The second-order valence-electron chi connectivity index (χ2n) is 2.92. The second kappa shape index (κ2) is 5.97. The molecule has 14 heavy (non-hydrogen) atoms. The molecule has 0 atom stereocenters. The number of rotatable bonds is 1. The zero-order chi connectivity index (χ0) is 11.3. The van der Waals surface area contributed by atoms with E-state index in [9.17, 15) is 8.78 Å². The molecule has 0 N–H and O–H groups in total. The van der Waals surface area contributed by atoms with Crippen LogP contribution in [-0.4, -0.2) is 0 Å². The van der Waals surface area contributed by atoms with Crippen molar-refractivity contribution in [3.8, 4) is 0 Å². The Morgan fingerprint density at radius 2 is 1.57 bits per heavy atom. The van der Waals surface area contributed by atoms with Gasteiger partial charge in [0.15, 0.2) is 11.6 Å². The van der Waals surface area contributed by atoms with E-state index in [-0.39, 0.29) is 10.9 Å². The summed E-state index contributed by atoms with van der Waals surface area (Å²) in [5, 5.41) is -0.170. The third kappa shape index (κ3) is 2.95. The highest BCUT2D eigenvalue weighted by atomic mass is 35.5. The molecular formula is C11H15ClF2. The largest absolute Gasteiger partial charge is 0.203 e. The second-order valence-corrected chi connectivity index (χ2v) is 3.33. The molecule has 0 bridgehead atoms. The molecule has 0 fully saturated rings. The van der Waals surface area contributed by atoms with Crippen molar-refractivity contribution < 1.29 is 8.78 Å². The normalized spacial score (nSPS) is 9.71. The topological polar surface area (TPSA) is 0 Å². The number of benzene rings is 1. The lowest BCUT2D eigenvalue weighted by atomic mass is 10.0. The SMILES string of the molecule is CC.CC(C)c1ccc(Cl)c(F)c1F. The van der Waals surface area contributed by atoms with Crippen molar-refractivity contribution in [1.29, 1.82) is 0 Å². The van der Waals surface area contributed by atoms with Crippen LogP contribution in [0.2, 0.25) is 5.02 Å². The fourth-order valence-corrected chi connectivity index (χ4v) is 1.13. The fraction of sp³-hybridized carbons (Fsp3) is 0.455. The van der Waals surface area contributed by atoms with E-state index >= 15 is 0 Å². The summed E-state index contributed by atoms with van der Waals surface area (Å²) in [6, 6.07) is 2.88. The maximum Gasteiger partial charge on any atom is 0.177 e. The van der Waals surface area contributed by atoms with E-state index in [2.05, 4.69) is 0 Å². The molecule has 0 spiro atoms. The van der Waals surface area contributed by atoms with Crippen molar-refractivity contribution in [2.75, 3.05) is 0 Å². The van der Waals surface area contributed by atoms with Crippen molar-refractivity contribution in [1.82, 2.24) is 0 Å². The first-order valence-electron chi connectivity index (χ1n) is 4.67. The van der Waals surface area contributed by atoms with Crippen LogP contribution in [0.3, 0.4) is 0 Å². The van der Waals surface area contributed by atoms with Gasteiger partial charge in [0.05, 0.1) is 5.02 Å². The Kier molecular flexibility index (Phi) is 5.70. The minimum Gasteiger partial charge on any atom is -0.203 e. The zero-order valence-corrected chi connectivity index (χ0v) is 9.62. The van der Waals surface area contributed by atoms with Gasteiger partial charge in [-0.15, -0.1) is 0 Å². The van der Waals surface area contributed by atoms with Crippen LogP contribution in [0.25, 0.3) is 0 Å². The van der Waals surface area contributed by atoms with Crippen LogP contribution in [0.15, 0.2) is 12.1 Å². The number of halogens is 3. The van der Waals surface area contributed by atoms with Gasteiger partial charge in [-0.2, -0.15) is 0 Å². The van der Waals surface area contributed by atoms with Crippen LogP contribution < -0.4 is 0 Å². The van der Waals surface area contributed by atoms with Crippen LogP contribution in [-0.2, 0) is 0 Å². The van der Waals surface area contributed by atoms with Crippen molar-refractivity contribution in [3.05, 3.63) is 34.4 Å². The Morgan fingerprint density at radius 1 is 1.07 bits per heavy atom. The van der Waals surface area contributed by atoms with Gasteiger partial charge in [0.1, 0.15) is 0 Å². The van der Waals surface area contributed by atoms with Crippen LogP contribution in [0.1, 0.15) is 39.2 Å². The monoisotopic (exact) mass is 220 g/mol. The Bertz CT molecular complexity index is 296. The van der Waals surface area contributed by atoms with Gasteiger partial charge in [0.2, 0.25) is 0 Å². The molecule has 0 aliphatic carbocycles. The van der Waals surface area contributed by atoms with E-state index in [0.717, 1.165) is 0 Å². The van der Waals surface area contributed by atoms with Crippen LogP contribution in [0, 0.1) is 11.6 Å². The van der Waals surface area contributed by atoms with Gasteiger partial charge in [-0.25, -0.2) is 8.78 Å². The summed E-state index contributed by atoms with van der Waals surface area (Å²) in [5.41, 5.74) is 0.358. The van der Waals surface area contributed by atoms with Crippen LogP contribution in [0.5, 0.6) is 0 Å². The molecule has 3 heteroatoms. The number of hydrogen-bond acceptors (Lipinski definition) is 0. The van der Waals surface area contributed by atoms with E-state index in [1.165, 1.54) is 12.1 Å². The first-order valence-corrected chi connectivity index (χ1v) is 5.05. The molecule has 0 aromatic heterocycles. The first-order chi connectivity index (χ1) is 6.54. The minimum atomic E-state index is -0.956. The van der Waals surface area contributed by atoms with Crippen molar-refractivity contribution >= 4 is 11.6 Å². The van der Waals surface area contributed by atoms with Gasteiger partial charge in [-0.05, 0) is 17.5 Å². The summed E-state index contributed by atoms with van der Waals surface area (Å²) in [4.78, 5) is 0. The van der Waals surface area contributed by atoms with E-state index in [4.69, 9.17) is 11.6 Å². The molecule has 0 aliphatic rings. The molecule has 1 aromatic rings. The molecule has 0 aliphatic heterocycles. The lowest BCUT2D eigenvalue weighted by Gasteiger charge is -2.07. The van der Waals surface area contributed by atoms with Gasteiger partial charge in [-0.3, -0.25) is 0 Å². The van der Waals surface area contributed by atoms with Crippen molar-refractivity contribution in [2.45, 2.75) is 33.6 Å². The average Bonchev–Trinajstić information content (AvgIpc) is 2.17. The maximum atomic E-state index is 13.1. The highest BCUT2D eigenvalue weighted by Gasteiger charge is 2.13. The fourth-order valence-electron chi connectivity index (χ4n) is 0.987. The molecule has 0 radical (unpaired) electrons. The van der Waals surface area contributed by atoms with Gasteiger partial charge in [0, 0.05) is 0 Å². The van der Waals surface area contributed by atoms with Crippen molar-refractivity contribution in [2.24, 2.45) is 0 Å². The molecule has 0 amide bonds. The first kappa shape index (κ1) is 13.4. The minimum absolute atomic E-state index is 0.0308. The quantitative estimate of drug-likeness (QED) is 0.598. The summed E-state index contributed by atoms with van der Waals surface area (Å²) < 4.78 is 25.9. The third-order valence-electron chi connectivity index (χ3n) is 1.69. The maximum absolute atomic E-state index is 13.1. The molecule has 80 valence electrons. The van der Waals surface area contributed by atoms with Gasteiger partial charge in [-0.1, -0.05) is 45.4 Å². The molecule has 0 nitrogen and oxygen atoms in total. The molecular weight excluding hydrogens is 206 g/mol. The summed E-state index contributed by atoms with van der Waals surface area (Å²) in [6.07, 6.45) is 0. The van der Waals surface area contributed by atoms with E-state index < -0.39 is 11.6 Å². The highest BCUT2D eigenvalue weighted by molar-refractivity contribution is 6.30. The highest BCUT2D eigenvalue weighted by Crippen LogP contribution is 2.25. The van der Waals surface area contributed by atoms with Gasteiger partial charge < -0.3 is 0 Å². The van der Waals surface area contributed by atoms with E-state index in [0.29, 0.717) is 5.56 Å². The molecule has 0 unspecified atom stereocenters. The lowest BCUT2D eigenvalue weighted by Crippen LogP contribution is -1.96. The van der Waals surface area contributed by atoms with Crippen LogP contribution in [0.4, 0.5) is 8.78 Å². The standard InChI is InChI=1S/C9H9ClF2.C2H6/c1-5(2)6-3-4-7(10)9(12)8(6)11;1-2/h3-5H,1-2H3;1-2H3.